The number of fused-ring (bicyclic) bond motifs is 7. The molecule has 0 radical (unpaired) electrons. The second-order valence-electron chi connectivity index (χ2n) is 7.55. The van der Waals surface area contributed by atoms with Gasteiger partial charge in [-0.25, -0.2) is 0 Å². The van der Waals surface area contributed by atoms with Crippen molar-refractivity contribution < 1.29 is 0 Å². The Labute approximate surface area is 170 Å². The maximum Gasteiger partial charge on any atom is 0.406 e. The molecule has 0 saturated carbocycles. The lowest BCUT2D eigenvalue weighted by Gasteiger charge is -2.16. The van der Waals surface area contributed by atoms with Gasteiger partial charge in [-0.2, -0.15) is 0 Å². The fourth-order valence-electron chi connectivity index (χ4n) is 4.48. The van der Waals surface area contributed by atoms with E-state index in [2.05, 4.69) is 114 Å². The average Bonchev–Trinajstić information content (AvgIpc) is 2.97. The smallest absolute Gasteiger partial charge is 0.405 e. The summed E-state index contributed by atoms with van der Waals surface area (Å²) < 4.78 is 0. The number of rotatable bonds is 1. The van der Waals surface area contributed by atoms with Crippen molar-refractivity contribution >= 4 is 45.4 Å². The summed E-state index contributed by atoms with van der Waals surface area (Å²) in [5, 5.41) is 12.6. The minimum absolute atomic E-state index is 0.00137. The van der Waals surface area contributed by atoms with Gasteiger partial charge in [-0.05, 0) is 39.1 Å². The highest BCUT2D eigenvalue weighted by atomic mass is 15.0. The van der Waals surface area contributed by atoms with E-state index in [1.807, 2.05) is 0 Å². The first-order valence-electron chi connectivity index (χ1n) is 10.0. The lowest BCUT2D eigenvalue weighted by atomic mass is 9.68. The summed E-state index contributed by atoms with van der Waals surface area (Å²) in [6.07, 6.45) is 0. The molecule has 0 spiro atoms. The fraction of sp³-hybridized carbons (Fsp3) is 0. The van der Waals surface area contributed by atoms with Crippen LogP contribution < -0.4 is 15.9 Å². The monoisotopic (exact) mass is 370 g/mol. The van der Waals surface area contributed by atoms with E-state index >= 15 is 0 Å². The third-order valence-corrected chi connectivity index (χ3v) is 5.84. The molecule has 0 aromatic heterocycles. The molecule has 1 aliphatic rings. The van der Waals surface area contributed by atoms with Gasteiger partial charge in [0.25, 0.3) is 0 Å². The highest BCUT2D eigenvalue weighted by Crippen LogP contribution is 2.44. The molecule has 2 nitrogen and oxygen atoms in total. The van der Waals surface area contributed by atoms with Crippen LogP contribution >= 0.6 is 0 Å². The van der Waals surface area contributed by atoms with Crippen LogP contribution in [0.4, 0.5) is 11.4 Å². The molecular weight excluding hydrogens is 351 g/mol. The Kier molecular flexibility index (Phi) is 3.60. The highest BCUT2D eigenvalue weighted by Gasteiger charge is 2.27. The first-order valence-corrected chi connectivity index (χ1v) is 10.0. The van der Waals surface area contributed by atoms with Crippen LogP contribution in [0.2, 0.25) is 0 Å². The molecule has 0 aliphatic carbocycles. The Morgan fingerprint density at radius 1 is 0.448 bits per heavy atom. The summed E-state index contributed by atoms with van der Waals surface area (Å²) in [6.45, 7) is -0.00137. The molecule has 1 aliphatic heterocycles. The summed E-state index contributed by atoms with van der Waals surface area (Å²) in [5.41, 5.74) is 6.05. The molecule has 2 N–H and O–H groups in total. The number of hydrogen-bond acceptors (Lipinski definition) is 2. The SMILES string of the molecule is c1ccc(B2Nc3ccc4ccccc4c3-c3c(ccc4ccccc34)N2)cc1. The molecule has 29 heavy (non-hydrogen) atoms. The molecule has 0 amide bonds. The van der Waals surface area contributed by atoms with Gasteiger partial charge < -0.3 is 10.5 Å². The molecule has 5 aromatic rings. The number of anilines is 2. The van der Waals surface area contributed by atoms with Gasteiger partial charge in [0.1, 0.15) is 0 Å². The number of nitrogens with one attached hydrogen (secondary N) is 2. The van der Waals surface area contributed by atoms with Gasteiger partial charge in [-0.3, -0.25) is 0 Å². The normalized spacial score (nSPS) is 12.6. The van der Waals surface area contributed by atoms with Gasteiger partial charge in [0.05, 0.1) is 0 Å². The average molecular weight is 370 g/mol. The summed E-state index contributed by atoms with van der Waals surface area (Å²) in [7, 11) is 0. The van der Waals surface area contributed by atoms with Gasteiger partial charge >= 0.3 is 6.98 Å². The second kappa shape index (κ2) is 6.42. The maximum atomic E-state index is 3.77. The topological polar surface area (TPSA) is 24.1 Å². The predicted molar refractivity (Wildman–Crippen MR) is 126 cm³/mol. The molecule has 5 aromatic carbocycles. The zero-order valence-electron chi connectivity index (χ0n) is 15.9. The van der Waals surface area contributed by atoms with Crippen molar-refractivity contribution in [2.24, 2.45) is 0 Å². The Bertz CT molecular complexity index is 1270. The van der Waals surface area contributed by atoms with Crippen LogP contribution in [-0.4, -0.2) is 6.98 Å². The van der Waals surface area contributed by atoms with Crippen molar-refractivity contribution in [1.29, 1.82) is 0 Å². The van der Waals surface area contributed by atoms with Crippen LogP contribution in [-0.2, 0) is 0 Å². The molecule has 0 fully saturated rings. The summed E-state index contributed by atoms with van der Waals surface area (Å²) in [6, 6.07) is 36.7. The highest BCUT2D eigenvalue weighted by molar-refractivity contribution is 6.79. The van der Waals surface area contributed by atoms with E-state index < -0.39 is 0 Å². The molecule has 0 bridgehead atoms. The predicted octanol–water partition coefficient (Wildman–Crippen LogP) is 5.89. The first kappa shape index (κ1) is 16.3. The van der Waals surface area contributed by atoms with Crippen molar-refractivity contribution in [2.45, 2.75) is 0 Å². The lowest BCUT2D eigenvalue weighted by Crippen LogP contribution is -2.45. The maximum absolute atomic E-state index is 3.77. The van der Waals surface area contributed by atoms with Crippen LogP contribution in [0.1, 0.15) is 0 Å². The van der Waals surface area contributed by atoms with Crippen molar-refractivity contribution in [2.75, 3.05) is 10.5 Å². The van der Waals surface area contributed by atoms with Gasteiger partial charge in [-0.1, -0.05) is 91.0 Å². The number of hydrogen-bond donors (Lipinski definition) is 2. The summed E-state index contributed by atoms with van der Waals surface area (Å²) >= 11 is 0. The van der Waals surface area contributed by atoms with Crippen molar-refractivity contribution in [3.05, 3.63) is 103 Å². The Morgan fingerprint density at radius 3 is 1.48 bits per heavy atom. The van der Waals surface area contributed by atoms with Gasteiger partial charge in [0.15, 0.2) is 0 Å². The third-order valence-electron chi connectivity index (χ3n) is 5.84. The Hall–Kier alpha value is -3.72. The van der Waals surface area contributed by atoms with Crippen LogP contribution in [0, 0.1) is 0 Å². The fourth-order valence-corrected chi connectivity index (χ4v) is 4.48. The molecule has 0 unspecified atom stereocenters. The molecule has 136 valence electrons. The molecule has 3 heteroatoms. The quantitative estimate of drug-likeness (QED) is 0.360. The van der Waals surface area contributed by atoms with E-state index in [1.54, 1.807) is 0 Å². The Balaban J connectivity index is 1.72. The first-order chi connectivity index (χ1) is 14.4. The van der Waals surface area contributed by atoms with E-state index in [4.69, 9.17) is 0 Å². The molecule has 0 saturated heterocycles. The van der Waals surface area contributed by atoms with Crippen LogP contribution in [0.5, 0.6) is 0 Å². The zero-order chi connectivity index (χ0) is 19.2. The standard InChI is InChI=1S/C26H19BN2/c1-2-10-20(11-3-1)27-28-23-16-14-18-8-4-6-12-21(18)25(23)26-22-13-7-5-9-19(22)15-17-24(26)29-27/h1-17,28-29H. The third kappa shape index (κ3) is 2.59. The Morgan fingerprint density at radius 2 is 0.931 bits per heavy atom. The van der Waals surface area contributed by atoms with E-state index in [1.165, 1.54) is 38.1 Å². The zero-order valence-corrected chi connectivity index (χ0v) is 15.9. The molecular formula is C26H19BN2. The van der Waals surface area contributed by atoms with E-state index in [0.29, 0.717) is 0 Å². The van der Waals surface area contributed by atoms with Gasteiger partial charge in [0, 0.05) is 22.5 Å². The van der Waals surface area contributed by atoms with Crippen molar-refractivity contribution in [1.82, 2.24) is 0 Å². The summed E-state index contributed by atoms with van der Waals surface area (Å²) in [4.78, 5) is 0. The number of benzene rings is 5. The van der Waals surface area contributed by atoms with Crippen LogP contribution in [0.25, 0.3) is 32.7 Å². The minimum atomic E-state index is -0.00137. The van der Waals surface area contributed by atoms with Crippen LogP contribution in [0.3, 0.4) is 0 Å². The molecule has 1 heterocycles. The largest absolute Gasteiger partial charge is 0.406 e. The minimum Gasteiger partial charge on any atom is -0.405 e. The summed E-state index contributed by atoms with van der Waals surface area (Å²) in [5.74, 6) is 0. The van der Waals surface area contributed by atoms with E-state index in [9.17, 15) is 0 Å². The lowest BCUT2D eigenvalue weighted by molar-refractivity contribution is 1.67. The van der Waals surface area contributed by atoms with Crippen molar-refractivity contribution in [3.63, 3.8) is 0 Å². The van der Waals surface area contributed by atoms with Gasteiger partial charge in [-0.15, -0.1) is 0 Å². The second-order valence-corrected chi connectivity index (χ2v) is 7.55. The van der Waals surface area contributed by atoms with Crippen LogP contribution in [0.15, 0.2) is 103 Å². The van der Waals surface area contributed by atoms with E-state index in [-0.39, 0.29) is 6.98 Å². The molecule has 6 rings (SSSR count). The molecule has 0 atom stereocenters. The van der Waals surface area contributed by atoms with Gasteiger partial charge in [0.2, 0.25) is 0 Å². The van der Waals surface area contributed by atoms with E-state index in [0.717, 1.165) is 11.4 Å². The van der Waals surface area contributed by atoms with Crippen molar-refractivity contribution in [3.8, 4) is 11.1 Å².